The standard InChI is InChI=1S/C21H13FN2O/c22-16-6-4-13(5-7-16)15-10-19-20(24-12-15)9-8-17-14(11-23)2-1-3-18(17)21(19)25/h1-10,12,21,25H. The molecule has 1 atom stereocenters. The van der Waals surface area contributed by atoms with Gasteiger partial charge in [-0.2, -0.15) is 5.26 Å². The van der Waals surface area contributed by atoms with E-state index in [4.69, 9.17) is 0 Å². The van der Waals surface area contributed by atoms with E-state index in [9.17, 15) is 14.8 Å². The Morgan fingerprint density at radius 1 is 1.00 bits per heavy atom. The second-order valence-corrected chi connectivity index (χ2v) is 5.86. The molecule has 25 heavy (non-hydrogen) atoms. The van der Waals surface area contributed by atoms with Crippen LogP contribution in [0.15, 0.2) is 54.7 Å². The summed E-state index contributed by atoms with van der Waals surface area (Å²) in [5, 5.41) is 20.2. The zero-order valence-electron chi connectivity index (χ0n) is 13.1. The van der Waals surface area contributed by atoms with Crippen molar-refractivity contribution in [2.24, 2.45) is 0 Å². The predicted molar refractivity (Wildman–Crippen MR) is 93.8 cm³/mol. The maximum absolute atomic E-state index is 13.1. The summed E-state index contributed by atoms with van der Waals surface area (Å²) in [5.74, 6) is -0.299. The first-order valence-electron chi connectivity index (χ1n) is 7.82. The van der Waals surface area contributed by atoms with Crippen LogP contribution in [0.4, 0.5) is 4.39 Å². The quantitative estimate of drug-likeness (QED) is 0.723. The third-order valence-corrected chi connectivity index (χ3v) is 4.38. The van der Waals surface area contributed by atoms with Gasteiger partial charge in [0.25, 0.3) is 0 Å². The lowest BCUT2D eigenvalue weighted by molar-refractivity contribution is 0.219. The third kappa shape index (κ3) is 2.61. The summed E-state index contributed by atoms with van der Waals surface area (Å²) in [6, 6.07) is 15.5. The van der Waals surface area contributed by atoms with E-state index in [0.29, 0.717) is 27.9 Å². The topological polar surface area (TPSA) is 56.9 Å². The molecule has 1 unspecified atom stereocenters. The molecule has 0 radical (unpaired) electrons. The van der Waals surface area contributed by atoms with E-state index in [1.165, 1.54) is 12.1 Å². The zero-order valence-corrected chi connectivity index (χ0v) is 13.1. The molecule has 0 saturated heterocycles. The fourth-order valence-corrected chi connectivity index (χ4v) is 3.09. The first-order chi connectivity index (χ1) is 12.2. The Bertz CT molecular complexity index is 1030. The van der Waals surface area contributed by atoms with Crippen LogP contribution < -0.4 is 0 Å². The Morgan fingerprint density at radius 2 is 1.80 bits per heavy atom. The Hall–Kier alpha value is -3.29. The second kappa shape index (κ2) is 5.97. The monoisotopic (exact) mass is 328 g/mol. The molecular formula is C21H13FN2O. The smallest absolute Gasteiger partial charge is 0.123 e. The van der Waals surface area contributed by atoms with Gasteiger partial charge in [-0.15, -0.1) is 0 Å². The van der Waals surface area contributed by atoms with E-state index in [1.54, 1.807) is 36.5 Å². The van der Waals surface area contributed by atoms with Crippen LogP contribution in [0.1, 0.15) is 34.1 Å². The summed E-state index contributed by atoms with van der Waals surface area (Å²) in [6.07, 6.45) is 4.43. The van der Waals surface area contributed by atoms with Gasteiger partial charge in [0.15, 0.2) is 0 Å². The molecule has 120 valence electrons. The van der Waals surface area contributed by atoms with E-state index < -0.39 is 6.10 Å². The number of hydrogen-bond acceptors (Lipinski definition) is 3. The molecule has 1 N–H and O–H groups in total. The number of nitrogens with zero attached hydrogens (tertiary/aromatic N) is 2. The van der Waals surface area contributed by atoms with Crippen LogP contribution >= 0.6 is 0 Å². The number of aromatic nitrogens is 1. The number of hydrogen-bond donors (Lipinski definition) is 1. The van der Waals surface area contributed by atoms with E-state index in [-0.39, 0.29) is 5.82 Å². The molecule has 0 aliphatic heterocycles. The van der Waals surface area contributed by atoms with Crippen LogP contribution in [0.5, 0.6) is 0 Å². The Kier molecular flexibility index (Phi) is 3.64. The number of aliphatic hydroxyl groups is 1. The van der Waals surface area contributed by atoms with Crippen molar-refractivity contribution in [3.8, 4) is 17.2 Å². The van der Waals surface area contributed by atoms with Crippen molar-refractivity contribution in [3.63, 3.8) is 0 Å². The van der Waals surface area contributed by atoms with Gasteiger partial charge in [-0.3, -0.25) is 4.98 Å². The van der Waals surface area contributed by atoms with Crippen molar-refractivity contribution in [2.75, 3.05) is 0 Å². The maximum Gasteiger partial charge on any atom is 0.123 e. The minimum absolute atomic E-state index is 0.299. The minimum Gasteiger partial charge on any atom is -0.384 e. The van der Waals surface area contributed by atoms with Crippen molar-refractivity contribution >= 4 is 12.2 Å². The number of halogens is 1. The molecule has 1 heterocycles. The van der Waals surface area contributed by atoms with Crippen LogP contribution in [0.3, 0.4) is 0 Å². The normalized spacial score (nSPS) is 15.0. The number of benzene rings is 2. The van der Waals surface area contributed by atoms with Gasteiger partial charge in [0.1, 0.15) is 11.9 Å². The van der Waals surface area contributed by atoms with Crippen LogP contribution in [-0.2, 0) is 0 Å². The fraction of sp³-hybridized carbons (Fsp3) is 0.0476. The van der Waals surface area contributed by atoms with Gasteiger partial charge >= 0.3 is 0 Å². The van der Waals surface area contributed by atoms with Gasteiger partial charge in [-0.1, -0.05) is 30.3 Å². The summed E-state index contributed by atoms with van der Waals surface area (Å²) >= 11 is 0. The number of aliphatic hydroxyl groups excluding tert-OH is 1. The number of pyridine rings is 1. The minimum atomic E-state index is -0.888. The summed E-state index contributed by atoms with van der Waals surface area (Å²) in [6.45, 7) is 0. The van der Waals surface area contributed by atoms with Gasteiger partial charge < -0.3 is 5.11 Å². The summed E-state index contributed by atoms with van der Waals surface area (Å²) in [5.41, 5.74) is 4.82. The lowest BCUT2D eigenvalue weighted by Gasteiger charge is -2.15. The zero-order chi connectivity index (χ0) is 17.4. The first kappa shape index (κ1) is 15.3. The third-order valence-electron chi connectivity index (χ3n) is 4.38. The summed E-state index contributed by atoms with van der Waals surface area (Å²) in [4.78, 5) is 4.44. The molecule has 3 aromatic rings. The van der Waals surface area contributed by atoms with Crippen LogP contribution in [-0.4, -0.2) is 10.1 Å². The van der Waals surface area contributed by atoms with Crippen molar-refractivity contribution < 1.29 is 9.50 Å². The highest BCUT2D eigenvalue weighted by molar-refractivity contribution is 5.78. The molecule has 4 heteroatoms. The van der Waals surface area contributed by atoms with Gasteiger partial charge in [0, 0.05) is 17.3 Å². The van der Waals surface area contributed by atoms with Crippen LogP contribution in [0.25, 0.3) is 23.3 Å². The molecule has 0 spiro atoms. The highest BCUT2D eigenvalue weighted by Gasteiger charge is 2.22. The van der Waals surface area contributed by atoms with Crippen molar-refractivity contribution in [2.45, 2.75) is 6.10 Å². The van der Waals surface area contributed by atoms with Gasteiger partial charge in [-0.05, 0) is 47.0 Å². The largest absolute Gasteiger partial charge is 0.384 e. The highest BCUT2D eigenvalue weighted by atomic mass is 19.1. The van der Waals surface area contributed by atoms with Crippen molar-refractivity contribution in [3.05, 3.63) is 88.5 Å². The molecule has 2 aromatic carbocycles. The van der Waals surface area contributed by atoms with Crippen molar-refractivity contribution in [1.29, 1.82) is 5.26 Å². The lowest BCUT2D eigenvalue weighted by atomic mass is 9.94. The molecule has 0 bridgehead atoms. The SMILES string of the molecule is N#Cc1cccc2c1C=Cc1ncc(-c3ccc(F)cc3)cc1C2O. The molecule has 4 rings (SSSR count). The molecule has 1 aromatic heterocycles. The Balaban J connectivity index is 1.86. The maximum atomic E-state index is 13.1. The molecular weight excluding hydrogens is 315 g/mol. The van der Waals surface area contributed by atoms with E-state index in [0.717, 1.165) is 11.1 Å². The van der Waals surface area contributed by atoms with Crippen LogP contribution in [0.2, 0.25) is 0 Å². The molecule has 1 aliphatic rings. The summed E-state index contributed by atoms with van der Waals surface area (Å²) < 4.78 is 13.1. The van der Waals surface area contributed by atoms with Gasteiger partial charge in [0.05, 0.1) is 17.3 Å². The average molecular weight is 328 g/mol. The predicted octanol–water partition coefficient (Wildman–Crippen LogP) is 4.32. The summed E-state index contributed by atoms with van der Waals surface area (Å²) in [7, 11) is 0. The first-order valence-corrected chi connectivity index (χ1v) is 7.82. The van der Waals surface area contributed by atoms with E-state index in [2.05, 4.69) is 11.1 Å². The van der Waals surface area contributed by atoms with E-state index >= 15 is 0 Å². The molecule has 0 amide bonds. The molecule has 3 nitrogen and oxygen atoms in total. The molecule has 0 fully saturated rings. The van der Waals surface area contributed by atoms with Crippen LogP contribution in [0, 0.1) is 17.1 Å². The fourth-order valence-electron chi connectivity index (χ4n) is 3.09. The van der Waals surface area contributed by atoms with Gasteiger partial charge in [0.2, 0.25) is 0 Å². The number of rotatable bonds is 1. The van der Waals surface area contributed by atoms with Gasteiger partial charge in [-0.25, -0.2) is 4.39 Å². The average Bonchev–Trinajstić information content (AvgIpc) is 2.79. The Labute approximate surface area is 144 Å². The Morgan fingerprint density at radius 3 is 2.56 bits per heavy atom. The highest BCUT2D eigenvalue weighted by Crippen LogP contribution is 2.35. The molecule has 0 saturated carbocycles. The molecule has 1 aliphatic carbocycles. The second-order valence-electron chi connectivity index (χ2n) is 5.86. The van der Waals surface area contributed by atoms with Crippen molar-refractivity contribution in [1.82, 2.24) is 4.98 Å². The number of fused-ring (bicyclic) bond motifs is 2. The lowest BCUT2D eigenvalue weighted by Crippen LogP contribution is -2.05. The van der Waals surface area contributed by atoms with E-state index in [1.807, 2.05) is 18.2 Å². The number of nitriles is 1.